The van der Waals surface area contributed by atoms with E-state index in [0.717, 1.165) is 5.56 Å². The predicted molar refractivity (Wildman–Crippen MR) is 64.8 cm³/mol. The van der Waals surface area contributed by atoms with Gasteiger partial charge >= 0.3 is 5.97 Å². The molecule has 0 spiro atoms. The number of hydrogen-bond acceptors (Lipinski definition) is 4. The van der Waals surface area contributed by atoms with Crippen LogP contribution in [0.3, 0.4) is 0 Å². The molecule has 1 amide bonds. The first-order valence-corrected chi connectivity index (χ1v) is 5.49. The fourth-order valence-corrected chi connectivity index (χ4v) is 1.33. The van der Waals surface area contributed by atoms with E-state index >= 15 is 0 Å². The average molecular weight is 252 g/mol. The van der Waals surface area contributed by atoms with E-state index in [1.165, 1.54) is 0 Å². The zero-order valence-electron chi connectivity index (χ0n) is 9.83. The molecule has 98 valence electrons. The molecule has 0 aliphatic carbocycles. The summed E-state index contributed by atoms with van der Waals surface area (Å²) in [7, 11) is 0. The van der Waals surface area contributed by atoms with Crippen LogP contribution in [0, 0.1) is 0 Å². The highest BCUT2D eigenvalue weighted by Crippen LogP contribution is 2.08. The van der Waals surface area contributed by atoms with E-state index in [1.54, 1.807) is 24.3 Å². The lowest BCUT2D eigenvalue weighted by Crippen LogP contribution is -2.36. The third-order valence-corrected chi connectivity index (χ3v) is 2.21. The highest BCUT2D eigenvalue weighted by atomic mass is 16.5. The van der Waals surface area contributed by atoms with Crippen LogP contribution in [-0.2, 0) is 14.3 Å². The fraction of sp³-hybridized carbons (Fsp3) is 0.333. The third-order valence-electron chi connectivity index (χ3n) is 2.21. The number of rotatable bonds is 7. The molecule has 18 heavy (non-hydrogen) atoms. The zero-order chi connectivity index (χ0) is 13.4. The van der Waals surface area contributed by atoms with Gasteiger partial charge in [0.25, 0.3) is 0 Å². The number of ether oxygens (including phenoxy) is 1. The summed E-state index contributed by atoms with van der Waals surface area (Å²) in [6.45, 7) is -0.00714. The molecule has 1 aromatic carbocycles. The standard InChI is InChI=1S/C12H16N2O4/c13-11(9-4-2-1-3-5-9)12(17)14-6-7-18-8-10(15)16/h1-5,11H,6-8,13H2,(H,14,17)(H,15,16)/t11-/m1/s1. The second kappa shape index (κ2) is 7.41. The Bertz CT molecular complexity index is 394. The average Bonchev–Trinajstić information content (AvgIpc) is 2.38. The molecule has 1 atom stereocenters. The van der Waals surface area contributed by atoms with Crippen LogP contribution in [0.15, 0.2) is 30.3 Å². The molecule has 1 aromatic rings. The van der Waals surface area contributed by atoms with Crippen molar-refractivity contribution in [2.24, 2.45) is 5.73 Å². The summed E-state index contributed by atoms with van der Waals surface area (Å²) in [6, 6.07) is 8.26. The van der Waals surface area contributed by atoms with Gasteiger partial charge in [-0.05, 0) is 5.56 Å². The number of aliphatic carboxylic acids is 1. The number of carbonyl (C=O) groups is 2. The van der Waals surface area contributed by atoms with Gasteiger partial charge in [0.1, 0.15) is 12.6 Å². The van der Waals surface area contributed by atoms with Crippen LogP contribution in [0.1, 0.15) is 11.6 Å². The fourth-order valence-electron chi connectivity index (χ4n) is 1.33. The highest BCUT2D eigenvalue weighted by Gasteiger charge is 2.14. The number of hydrogen-bond donors (Lipinski definition) is 3. The smallest absolute Gasteiger partial charge is 0.329 e. The minimum absolute atomic E-state index is 0.138. The maximum atomic E-state index is 11.6. The molecule has 0 aliphatic rings. The molecule has 0 radical (unpaired) electrons. The van der Waals surface area contributed by atoms with E-state index in [2.05, 4.69) is 5.32 Å². The Morgan fingerprint density at radius 1 is 1.33 bits per heavy atom. The summed E-state index contributed by atoms with van der Waals surface area (Å²) in [5.41, 5.74) is 6.48. The summed E-state index contributed by atoms with van der Waals surface area (Å²) >= 11 is 0. The van der Waals surface area contributed by atoms with Crippen LogP contribution in [0.25, 0.3) is 0 Å². The number of benzene rings is 1. The quantitative estimate of drug-likeness (QED) is 0.588. The lowest BCUT2D eigenvalue weighted by molar-refractivity contribution is -0.142. The molecule has 0 aromatic heterocycles. The first-order chi connectivity index (χ1) is 8.61. The van der Waals surface area contributed by atoms with Crippen LogP contribution in [0.2, 0.25) is 0 Å². The van der Waals surface area contributed by atoms with Gasteiger partial charge in [0.15, 0.2) is 0 Å². The van der Waals surface area contributed by atoms with Crippen molar-refractivity contribution in [3.63, 3.8) is 0 Å². The number of carboxylic acid groups (broad SMARTS) is 1. The van der Waals surface area contributed by atoms with Gasteiger partial charge in [-0.2, -0.15) is 0 Å². The van der Waals surface area contributed by atoms with Crippen molar-refractivity contribution in [1.29, 1.82) is 0 Å². The Morgan fingerprint density at radius 2 is 2.00 bits per heavy atom. The number of nitrogens with two attached hydrogens (primary N) is 1. The molecule has 0 aliphatic heterocycles. The molecule has 1 rings (SSSR count). The summed E-state index contributed by atoms with van der Waals surface area (Å²) in [5, 5.41) is 10.9. The monoisotopic (exact) mass is 252 g/mol. The molecule has 0 saturated heterocycles. The Balaban J connectivity index is 2.26. The van der Waals surface area contributed by atoms with Crippen LogP contribution >= 0.6 is 0 Å². The van der Waals surface area contributed by atoms with Crippen molar-refractivity contribution in [3.05, 3.63) is 35.9 Å². The normalized spacial score (nSPS) is 11.8. The third kappa shape index (κ3) is 4.94. The number of nitrogens with one attached hydrogen (secondary N) is 1. The summed E-state index contributed by atoms with van der Waals surface area (Å²) < 4.78 is 4.78. The molecule has 0 bridgehead atoms. The molecule has 6 heteroatoms. The Hall–Kier alpha value is -1.92. The van der Waals surface area contributed by atoms with Gasteiger partial charge in [0.05, 0.1) is 6.61 Å². The predicted octanol–water partition coefficient (Wildman–Crippen LogP) is -0.0962. The topological polar surface area (TPSA) is 102 Å². The molecule has 0 unspecified atom stereocenters. The van der Waals surface area contributed by atoms with Crippen molar-refractivity contribution >= 4 is 11.9 Å². The van der Waals surface area contributed by atoms with E-state index in [0.29, 0.717) is 0 Å². The van der Waals surface area contributed by atoms with Crippen molar-refractivity contribution in [2.75, 3.05) is 19.8 Å². The summed E-state index contributed by atoms with van der Waals surface area (Å²) in [4.78, 5) is 21.8. The van der Waals surface area contributed by atoms with Crippen LogP contribution in [0.4, 0.5) is 0 Å². The van der Waals surface area contributed by atoms with Gasteiger partial charge < -0.3 is 20.9 Å². The number of amides is 1. The number of carboxylic acids is 1. The SMILES string of the molecule is N[C@@H](C(=O)NCCOCC(=O)O)c1ccccc1. The second-order valence-corrected chi connectivity index (χ2v) is 3.63. The van der Waals surface area contributed by atoms with Gasteiger partial charge in [0.2, 0.25) is 5.91 Å². The zero-order valence-corrected chi connectivity index (χ0v) is 9.83. The molecule has 0 saturated carbocycles. The lowest BCUT2D eigenvalue weighted by atomic mass is 10.1. The molecular formula is C12H16N2O4. The van der Waals surface area contributed by atoms with Crippen molar-refractivity contribution < 1.29 is 19.4 Å². The summed E-state index contributed by atoms with van der Waals surface area (Å²) in [5.74, 6) is -1.36. The maximum Gasteiger partial charge on any atom is 0.329 e. The largest absolute Gasteiger partial charge is 0.480 e. The second-order valence-electron chi connectivity index (χ2n) is 3.63. The van der Waals surface area contributed by atoms with E-state index in [9.17, 15) is 9.59 Å². The summed E-state index contributed by atoms with van der Waals surface area (Å²) in [6.07, 6.45) is 0. The van der Waals surface area contributed by atoms with Crippen LogP contribution < -0.4 is 11.1 Å². The Kier molecular flexibility index (Phi) is 5.83. The van der Waals surface area contributed by atoms with Crippen molar-refractivity contribution in [2.45, 2.75) is 6.04 Å². The van der Waals surface area contributed by atoms with E-state index in [1.807, 2.05) is 6.07 Å². The van der Waals surface area contributed by atoms with E-state index < -0.39 is 12.0 Å². The minimum atomic E-state index is -1.04. The Labute approximate surface area is 105 Å². The molecule has 4 N–H and O–H groups in total. The molecular weight excluding hydrogens is 236 g/mol. The maximum absolute atomic E-state index is 11.6. The van der Waals surface area contributed by atoms with Gasteiger partial charge in [-0.3, -0.25) is 4.79 Å². The van der Waals surface area contributed by atoms with E-state index in [4.69, 9.17) is 15.6 Å². The van der Waals surface area contributed by atoms with Gasteiger partial charge in [-0.1, -0.05) is 30.3 Å². The van der Waals surface area contributed by atoms with Crippen molar-refractivity contribution in [3.8, 4) is 0 Å². The molecule has 0 heterocycles. The van der Waals surface area contributed by atoms with Crippen molar-refractivity contribution in [1.82, 2.24) is 5.32 Å². The van der Waals surface area contributed by atoms with Gasteiger partial charge in [-0.25, -0.2) is 4.79 Å². The highest BCUT2D eigenvalue weighted by molar-refractivity contribution is 5.82. The first-order valence-electron chi connectivity index (χ1n) is 5.49. The number of carbonyl (C=O) groups excluding carboxylic acids is 1. The molecule has 6 nitrogen and oxygen atoms in total. The van der Waals surface area contributed by atoms with Crippen LogP contribution in [-0.4, -0.2) is 36.7 Å². The minimum Gasteiger partial charge on any atom is -0.480 e. The lowest BCUT2D eigenvalue weighted by Gasteiger charge is -2.12. The Morgan fingerprint density at radius 3 is 2.61 bits per heavy atom. The van der Waals surface area contributed by atoms with Gasteiger partial charge in [-0.15, -0.1) is 0 Å². The molecule has 0 fully saturated rings. The first kappa shape index (κ1) is 14.1. The van der Waals surface area contributed by atoms with E-state index in [-0.39, 0.29) is 25.7 Å². The van der Waals surface area contributed by atoms with Gasteiger partial charge in [0, 0.05) is 6.54 Å². The van der Waals surface area contributed by atoms with Crippen LogP contribution in [0.5, 0.6) is 0 Å².